The van der Waals surface area contributed by atoms with E-state index in [-0.39, 0.29) is 0 Å². The number of anilines is 1. The lowest BCUT2D eigenvalue weighted by atomic mass is 10.1. The van der Waals surface area contributed by atoms with Crippen LogP contribution in [-0.4, -0.2) is 16.1 Å². The van der Waals surface area contributed by atoms with E-state index in [4.69, 9.17) is 4.98 Å². The van der Waals surface area contributed by atoms with Crippen molar-refractivity contribution in [1.82, 2.24) is 9.55 Å². The second-order valence-electron chi connectivity index (χ2n) is 5.79. The van der Waals surface area contributed by atoms with Crippen molar-refractivity contribution >= 4 is 5.82 Å². The maximum atomic E-state index is 4.72. The van der Waals surface area contributed by atoms with Crippen molar-refractivity contribution in [1.29, 1.82) is 0 Å². The first kappa shape index (κ1) is 15.3. The van der Waals surface area contributed by atoms with Gasteiger partial charge in [0.05, 0.1) is 0 Å². The van der Waals surface area contributed by atoms with Crippen molar-refractivity contribution < 1.29 is 0 Å². The number of pyridine rings is 1. The van der Waals surface area contributed by atoms with Crippen LogP contribution in [0.4, 0.5) is 5.82 Å². The minimum absolute atomic E-state index is 0.951. The van der Waals surface area contributed by atoms with E-state index in [0.717, 1.165) is 31.0 Å². The molecular weight excluding hydrogens is 282 g/mol. The molecule has 0 aliphatic heterocycles. The predicted molar refractivity (Wildman–Crippen MR) is 96.2 cm³/mol. The molecule has 0 radical (unpaired) electrons. The monoisotopic (exact) mass is 305 g/mol. The molecule has 0 saturated carbocycles. The minimum atomic E-state index is 0.951. The number of aryl methyl sites for hydroxylation is 2. The Morgan fingerprint density at radius 2 is 1.70 bits per heavy atom. The first-order valence-electron chi connectivity index (χ1n) is 8.22. The molecule has 2 heterocycles. The fraction of sp³-hybridized carbons (Fsp3) is 0.250. The van der Waals surface area contributed by atoms with Crippen LogP contribution in [0.5, 0.6) is 0 Å². The van der Waals surface area contributed by atoms with Crippen LogP contribution in [0.2, 0.25) is 0 Å². The topological polar surface area (TPSA) is 29.9 Å². The van der Waals surface area contributed by atoms with Crippen LogP contribution in [0.1, 0.15) is 24.0 Å². The predicted octanol–water partition coefficient (Wildman–Crippen LogP) is 4.62. The fourth-order valence-corrected chi connectivity index (χ4v) is 2.63. The first-order chi connectivity index (χ1) is 11.3. The highest BCUT2D eigenvalue weighted by molar-refractivity contribution is 5.47. The number of benzene rings is 1. The van der Waals surface area contributed by atoms with Crippen molar-refractivity contribution in [2.45, 2.75) is 26.2 Å². The van der Waals surface area contributed by atoms with E-state index in [9.17, 15) is 0 Å². The van der Waals surface area contributed by atoms with Crippen LogP contribution >= 0.6 is 0 Å². The minimum Gasteiger partial charge on any atom is -0.370 e. The Morgan fingerprint density at radius 3 is 2.48 bits per heavy atom. The third kappa shape index (κ3) is 4.22. The Morgan fingerprint density at radius 1 is 0.913 bits per heavy atom. The van der Waals surface area contributed by atoms with Crippen LogP contribution in [-0.2, 0) is 6.42 Å². The summed E-state index contributed by atoms with van der Waals surface area (Å²) in [4.78, 5) is 4.72. The van der Waals surface area contributed by atoms with Crippen LogP contribution in [0.25, 0.3) is 5.82 Å². The van der Waals surface area contributed by atoms with Crippen molar-refractivity contribution in [2.75, 3.05) is 11.9 Å². The van der Waals surface area contributed by atoms with E-state index < -0.39 is 0 Å². The lowest BCUT2D eigenvalue weighted by Crippen LogP contribution is -2.07. The SMILES string of the molecule is Cc1ccc(-n2cccc2)nc1NCCCCc1ccccc1. The smallest absolute Gasteiger partial charge is 0.139 e. The van der Waals surface area contributed by atoms with Gasteiger partial charge in [-0.05, 0) is 55.5 Å². The van der Waals surface area contributed by atoms with Crippen molar-refractivity contribution in [2.24, 2.45) is 0 Å². The molecule has 0 unspecified atom stereocenters. The lowest BCUT2D eigenvalue weighted by molar-refractivity contribution is 0.760. The number of unbranched alkanes of at least 4 members (excludes halogenated alkanes) is 1. The molecular formula is C20H23N3. The molecule has 0 saturated heterocycles. The number of nitrogens with zero attached hydrogens (tertiary/aromatic N) is 2. The Bertz CT molecular complexity index is 718. The molecule has 2 aromatic heterocycles. The first-order valence-corrected chi connectivity index (χ1v) is 8.22. The summed E-state index contributed by atoms with van der Waals surface area (Å²) in [5.41, 5.74) is 2.60. The highest BCUT2D eigenvalue weighted by Crippen LogP contribution is 2.15. The summed E-state index contributed by atoms with van der Waals surface area (Å²) < 4.78 is 2.03. The summed E-state index contributed by atoms with van der Waals surface area (Å²) in [7, 11) is 0. The van der Waals surface area contributed by atoms with Crippen molar-refractivity contribution in [3.8, 4) is 5.82 Å². The highest BCUT2D eigenvalue weighted by atomic mass is 15.1. The molecule has 0 bridgehead atoms. The zero-order valence-corrected chi connectivity index (χ0v) is 13.6. The molecule has 0 atom stereocenters. The summed E-state index contributed by atoms with van der Waals surface area (Å²) >= 11 is 0. The van der Waals surface area contributed by atoms with Gasteiger partial charge in [-0.2, -0.15) is 0 Å². The van der Waals surface area contributed by atoms with Crippen LogP contribution in [0.3, 0.4) is 0 Å². The molecule has 3 rings (SSSR count). The number of hydrogen-bond acceptors (Lipinski definition) is 2. The lowest BCUT2D eigenvalue weighted by Gasteiger charge is -2.11. The Kier molecular flexibility index (Phi) is 5.09. The maximum Gasteiger partial charge on any atom is 0.139 e. The van der Waals surface area contributed by atoms with Gasteiger partial charge in [-0.15, -0.1) is 0 Å². The van der Waals surface area contributed by atoms with Gasteiger partial charge in [0.25, 0.3) is 0 Å². The Balaban J connectivity index is 1.51. The number of aromatic nitrogens is 2. The molecule has 3 heteroatoms. The van der Waals surface area contributed by atoms with Crippen LogP contribution in [0.15, 0.2) is 67.0 Å². The highest BCUT2D eigenvalue weighted by Gasteiger charge is 2.03. The van der Waals surface area contributed by atoms with Gasteiger partial charge >= 0.3 is 0 Å². The van der Waals surface area contributed by atoms with E-state index in [1.165, 1.54) is 17.5 Å². The van der Waals surface area contributed by atoms with E-state index in [1.807, 2.05) is 29.1 Å². The van der Waals surface area contributed by atoms with Gasteiger partial charge < -0.3 is 9.88 Å². The van der Waals surface area contributed by atoms with Gasteiger partial charge in [-0.25, -0.2) is 4.98 Å². The van der Waals surface area contributed by atoms with E-state index in [1.54, 1.807) is 0 Å². The third-order valence-electron chi connectivity index (χ3n) is 3.98. The molecule has 0 amide bonds. The maximum absolute atomic E-state index is 4.72. The zero-order valence-electron chi connectivity index (χ0n) is 13.6. The van der Waals surface area contributed by atoms with Gasteiger partial charge in [0, 0.05) is 18.9 Å². The van der Waals surface area contributed by atoms with Gasteiger partial charge in [-0.1, -0.05) is 36.4 Å². The molecule has 0 spiro atoms. The summed E-state index contributed by atoms with van der Waals surface area (Å²) in [6.45, 7) is 3.05. The Hall–Kier alpha value is -2.55. The summed E-state index contributed by atoms with van der Waals surface area (Å²) in [6, 6.07) is 18.9. The standard InChI is InChI=1S/C20H23N3/c1-17-12-13-19(23-15-7-8-16-23)22-20(17)21-14-6-5-11-18-9-3-2-4-10-18/h2-4,7-10,12-13,15-16H,5-6,11,14H2,1H3,(H,21,22). The zero-order chi connectivity index (χ0) is 15.9. The number of hydrogen-bond donors (Lipinski definition) is 1. The van der Waals surface area contributed by atoms with E-state index >= 15 is 0 Å². The fourth-order valence-electron chi connectivity index (χ4n) is 2.63. The molecule has 0 aliphatic rings. The van der Waals surface area contributed by atoms with Gasteiger partial charge in [-0.3, -0.25) is 0 Å². The second-order valence-corrected chi connectivity index (χ2v) is 5.79. The van der Waals surface area contributed by atoms with Gasteiger partial charge in [0.15, 0.2) is 0 Å². The quantitative estimate of drug-likeness (QED) is 0.646. The molecule has 1 N–H and O–H groups in total. The molecule has 3 aromatic rings. The summed E-state index contributed by atoms with van der Waals surface area (Å²) in [5, 5.41) is 3.48. The molecule has 3 nitrogen and oxygen atoms in total. The van der Waals surface area contributed by atoms with Gasteiger partial charge in [0.2, 0.25) is 0 Å². The normalized spacial score (nSPS) is 10.7. The summed E-state index contributed by atoms with van der Waals surface area (Å²) in [5.74, 6) is 1.93. The average molecular weight is 305 g/mol. The van der Waals surface area contributed by atoms with E-state index in [2.05, 4.69) is 54.7 Å². The molecule has 118 valence electrons. The third-order valence-corrected chi connectivity index (χ3v) is 3.98. The van der Waals surface area contributed by atoms with Crippen LogP contribution in [0, 0.1) is 6.92 Å². The molecule has 1 aromatic carbocycles. The van der Waals surface area contributed by atoms with Crippen molar-refractivity contribution in [3.05, 3.63) is 78.1 Å². The molecule has 23 heavy (non-hydrogen) atoms. The second kappa shape index (κ2) is 7.63. The molecule has 0 aliphatic carbocycles. The Labute approximate surface area is 138 Å². The summed E-state index contributed by atoms with van der Waals surface area (Å²) in [6.07, 6.45) is 7.50. The van der Waals surface area contributed by atoms with Crippen LogP contribution < -0.4 is 5.32 Å². The van der Waals surface area contributed by atoms with Gasteiger partial charge in [0.1, 0.15) is 11.6 Å². The van der Waals surface area contributed by atoms with Crippen molar-refractivity contribution in [3.63, 3.8) is 0 Å². The number of nitrogens with one attached hydrogen (secondary N) is 1. The number of rotatable bonds is 7. The molecule has 0 fully saturated rings. The average Bonchev–Trinajstić information content (AvgIpc) is 3.11. The largest absolute Gasteiger partial charge is 0.370 e. The van der Waals surface area contributed by atoms with E-state index in [0.29, 0.717) is 0 Å².